The largest absolute Gasteiger partial charge is 0.477 e. The number of carbonyl (C=O) groups excluding carboxylic acids is 1. The van der Waals surface area contributed by atoms with Gasteiger partial charge in [0.1, 0.15) is 23.5 Å². The van der Waals surface area contributed by atoms with Gasteiger partial charge in [0.15, 0.2) is 5.69 Å². The van der Waals surface area contributed by atoms with Gasteiger partial charge < -0.3 is 15.3 Å². The Labute approximate surface area is 148 Å². The molecule has 26 heavy (non-hydrogen) atoms. The van der Waals surface area contributed by atoms with Crippen molar-refractivity contribution in [3.8, 4) is 0 Å². The van der Waals surface area contributed by atoms with E-state index in [1.54, 1.807) is 6.07 Å². The fourth-order valence-electron chi connectivity index (χ4n) is 2.90. The summed E-state index contributed by atoms with van der Waals surface area (Å²) in [4.78, 5) is 29.1. The maximum Gasteiger partial charge on any atom is 0.354 e. The molecule has 1 fully saturated rings. The summed E-state index contributed by atoms with van der Waals surface area (Å²) in [5.41, 5.74) is 0.120. The van der Waals surface area contributed by atoms with E-state index in [2.05, 4.69) is 10.3 Å². The van der Waals surface area contributed by atoms with Gasteiger partial charge in [0.2, 0.25) is 5.91 Å². The first-order valence-electron chi connectivity index (χ1n) is 8.13. The van der Waals surface area contributed by atoms with Gasteiger partial charge in [0, 0.05) is 24.7 Å². The lowest BCUT2D eigenvalue weighted by molar-refractivity contribution is -0.134. The van der Waals surface area contributed by atoms with Crippen LogP contribution in [0.1, 0.15) is 28.9 Å². The number of nitrogens with zero attached hydrogens (tertiary/aromatic N) is 2. The summed E-state index contributed by atoms with van der Waals surface area (Å²) >= 11 is 0. The van der Waals surface area contributed by atoms with E-state index in [9.17, 15) is 18.4 Å². The number of halogens is 2. The van der Waals surface area contributed by atoms with Gasteiger partial charge >= 0.3 is 5.97 Å². The average molecular weight is 361 g/mol. The third-order valence-corrected chi connectivity index (χ3v) is 4.20. The number of carboxylic acid groups (broad SMARTS) is 1. The normalized spacial score (nSPS) is 17.2. The Morgan fingerprint density at radius 2 is 2.12 bits per heavy atom. The predicted molar refractivity (Wildman–Crippen MR) is 89.6 cm³/mol. The minimum Gasteiger partial charge on any atom is -0.477 e. The van der Waals surface area contributed by atoms with E-state index in [-0.39, 0.29) is 29.5 Å². The number of hydrogen-bond donors (Lipinski definition) is 2. The molecule has 2 heterocycles. The SMILES string of the molecule is O=C(O)c1cccc(NC2CCCN(Cc3ccc(F)cc3F)C2=O)n1. The number of pyridine rings is 1. The summed E-state index contributed by atoms with van der Waals surface area (Å²) in [6.07, 6.45) is 1.26. The summed E-state index contributed by atoms with van der Waals surface area (Å²) in [6.45, 7) is 0.516. The van der Waals surface area contributed by atoms with Crippen molar-refractivity contribution in [3.63, 3.8) is 0 Å². The molecule has 0 saturated carbocycles. The molecule has 3 rings (SSSR count). The summed E-state index contributed by atoms with van der Waals surface area (Å²) in [6, 6.07) is 7.18. The topological polar surface area (TPSA) is 82.5 Å². The fraction of sp³-hybridized carbons (Fsp3) is 0.278. The van der Waals surface area contributed by atoms with Gasteiger partial charge in [-0.3, -0.25) is 4.79 Å². The van der Waals surface area contributed by atoms with Crippen LogP contribution in [0.4, 0.5) is 14.6 Å². The van der Waals surface area contributed by atoms with Crippen LogP contribution in [0.15, 0.2) is 36.4 Å². The molecule has 1 atom stereocenters. The number of likely N-dealkylation sites (tertiary alicyclic amines) is 1. The Morgan fingerprint density at radius 1 is 1.31 bits per heavy atom. The van der Waals surface area contributed by atoms with Gasteiger partial charge in [-0.15, -0.1) is 0 Å². The number of carbonyl (C=O) groups is 2. The van der Waals surface area contributed by atoms with E-state index in [0.29, 0.717) is 19.4 Å². The van der Waals surface area contributed by atoms with Gasteiger partial charge in [-0.1, -0.05) is 12.1 Å². The number of hydrogen-bond acceptors (Lipinski definition) is 4. The molecule has 1 saturated heterocycles. The first-order chi connectivity index (χ1) is 12.4. The number of rotatable bonds is 5. The van der Waals surface area contributed by atoms with Crippen molar-refractivity contribution < 1.29 is 23.5 Å². The third kappa shape index (κ3) is 3.96. The number of nitrogens with one attached hydrogen (secondary N) is 1. The maximum absolute atomic E-state index is 13.8. The Kier molecular flexibility index (Phi) is 5.11. The summed E-state index contributed by atoms with van der Waals surface area (Å²) < 4.78 is 26.9. The third-order valence-electron chi connectivity index (χ3n) is 4.20. The molecular formula is C18H17F2N3O3. The number of anilines is 1. The second kappa shape index (κ2) is 7.47. The van der Waals surface area contributed by atoms with Gasteiger partial charge in [0.05, 0.1) is 0 Å². The molecule has 8 heteroatoms. The van der Waals surface area contributed by atoms with Crippen LogP contribution >= 0.6 is 0 Å². The Hall–Kier alpha value is -3.03. The van der Waals surface area contributed by atoms with Crippen LogP contribution in [0.3, 0.4) is 0 Å². The molecule has 1 aromatic carbocycles. The van der Waals surface area contributed by atoms with Crippen molar-refractivity contribution in [1.82, 2.24) is 9.88 Å². The van der Waals surface area contributed by atoms with Gasteiger partial charge in [0.25, 0.3) is 0 Å². The molecule has 1 unspecified atom stereocenters. The van der Waals surface area contributed by atoms with Crippen LogP contribution in [0.5, 0.6) is 0 Å². The molecule has 2 N–H and O–H groups in total. The van der Waals surface area contributed by atoms with Crippen molar-refractivity contribution in [2.24, 2.45) is 0 Å². The van der Waals surface area contributed by atoms with Gasteiger partial charge in [-0.05, 0) is 31.0 Å². The van der Waals surface area contributed by atoms with Crippen LogP contribution in [0.25, 0.3) is 0 Å². The van der Waals surface area contributed by atoms with Crippen molar-refractivity contribution in [1.29, 1.82) is 0 Å². The zero-order valence-electron chi connectivity index (χ0n) is 13.8. The van der Waals surface area contributed by atoms with Crippen LogP contribution < -0.4 is 5.32 Å². The minimum atomic E-state index is -1.16. The highest BCUT2D eigenvalue weighted by Crippen LogP contribution is 2.20. The summed E-state index contributed by atoms with van der Waals surface area (Å²) in [5, 5.41) is 11.9. The second-order valence-electron chi connectivity index (χ2n) is 6.05. The van der Waals surface area contributed by atoms with Crippen LogP contribution in [0, 0.1) is 11.6 Å². The lowest BCUT2D eigenvalue weighted by Gasteiger charge is -2.33. The van der Waals surface area contributed by atoms with Gasteiger partial charge in [-0.2, -0.15) is 0 Å². The summed E-state index contributed by atoms with van der Waals surface area (Å²) in [5.74, 6) is -2.46. The highest BCUT2D eigenvalue weighted by atomic mass is 19.1. The van der Waals surface area contributed by atoms with Crippen molar-refractivity contribution in [2.45, 2.75) is 25.4 Å². The molecule has 1 aliphatic rings. The lowest BCUT2D eigenvalue weighted by Crippen LogP contribution is -2.47. The predicted octanol–water partition coefficient (Wildman–Crippen LogP) is 2.66. The average Bonchev–Trinajstić information content (AvgIpc) is 2.61. The van der Waals surface area contributed by atoms with E-state index in [1.165, 1.54) is 23.1 Å². The lowest BCUT2D eigenvalue weighted by atomic mass is 10.0. The Morgan fingerprint density at radius 3 is 2.85 bits per heavy atom. The fourth-order valence-corrected chi connectivity index (χ4v) is 2.90. The Balaban J connectivity index is 1.71. The highest BCUT2D eigenvalue weighted by Gasteiger charge is 2.29. The molecule has 1 amide bonds. The molecule has 0 bridgehead atoms. The highest BCUT2D eigenvalue weighted by molar-refractivity contribution is 5.87. The van der Waals surface area contributed by atoms with E-state index in [0.717, 1.165) is 12.1 Å². The molecule has 0 spiro atoms. The van der Waals surface area contributed by atoms with Crippen LogP contribution in [-0.4, -0.2) is 39.5 Å². The number of carboxylic acids is 1. The zero-order chi connectivity index (χ0) is 18.7. The first-order valence-corrected chi connectivity index (χ1v) is 8.13. The summed E-state index contributed by atoms with van der Waals surface area (Å²) in [7, 11) is 0. The number of amides is 1. The molecule has 136 valence electrons. The van der Waals surface area contributed by atoms with E-state index >= 15 is 0 Å². The number of piperidine rings is 1. The number of benzene rings is 1. The standard InChI is InChI=1S/C18H17F2N3O3/c19-12-7-6-11(13(20)9-12)10-23-8-2-4-14(17(23)24)21-16-5-1-3-15(22-16)18(25)26/h1,3,5-7,9,14H,2,4,8,10H2,(H,21,22)(H,25,26). The monoisotopic (exact) mass is 361 g/mol. The Bertz CT molecular complexity index is 844. The smallest absolute Gasteiger partial charge is 0.354 e. The number of aromatic carboxylic acids is 1. The molecule has 1 aromatic heterocycles. The molecule has 1 aliphatic heterocycles. The van der Waals surface area contributed by atoms with E-state index in [1.807, 2.05) is 0 Å². The second-order valence-corrected chi connectivity index (χ2v) is 6.05. The van der Waals surface area contributed by atoms with Crippen LogP contribution in [0.2, 0.25) is 0 Å². The van der Waals surface area contributed by atoms with Crippen molar-refractivity contribution >= 4 is 17.7 Å². The van der Waals surface area contributed by atoms with E-state index < -0.39 is 23.6 Å². The zero-order valence-corrected chi connectivity index (χ0v) is 13.8. The molecule has 6 nitrogen and oxygen atoms in total. The van der Waals surface area contributed by atoms with Crippen molar-refractivity contribution in [2.75, 3.05) is 11.9 Å². The van der Waals surface area contributed by atoms with Crippen molar-refractivity contribution in [3.05, 3.63) is 59.3 Å². The minimum absolute atomic E-state index is 0.0473. The van der Waals surface area contributed by atoms with E-state index in [4.69, 9.17) is 5.11 Å². The van der Waals surface area contributed by atoms with Crippen LogP contribution in [-0.2, 0) is 11.3 Å². The number of aromatic nitrogens is 1. The molecular weight excluding hydrogens is 344 g/mol. The quantitative estimate of drug-likeness (QED) is 0.856. The first kappa shape index (κ1) is 17.8. The maximum atomic E-state index is 13.8. The van der Waals surface area contributed by atoms with Gasteiger partial charge in [-0.25, -0.2) is 18.6 Å². The molecule has 0 radical (unpaired) electrons. The molecule has 2 aromatic rings. The molecule has 0 aliphatic carbocycles.